The van der Waals surface area contributed by atoms with E-state index in [2.05, 4.69) is 0 Å². The Bertz CT molecular complexity index is 1870. The molecule has 3 fully saturated rings. The van der Waals surface area contributed by atoms with Gasteiger partial charge in [0.05, 0.1) is 26.4 Å². The van der Waals surface area contributed by atoms with Crippen molar-refractivity contribution in [1.82, 2.24) is 0 Å². The van der Waals surface area contributed by atoms with Gasteiger partial charge >= 0.3 is 0 Å². The minimum Gasteiger partial charge on any atom is -0.508 e. The zero-order valence-electron chi connectivity index (χ0n) is 29.0. The van der Waals surface area contributed by atoms with Crippen LogP contribution in [-0.2, 0) is 18.9 Å². The molecule has 21 nitrogen and oxygen atoms in total. The minimum atomic E-state index is -2.03. The Morgan fingerprint density at radius 3 is 1.93 bits per heavy atom. The lowest BCUT2D eigenvalue weighted by Crippen LogP contribution is -2.61. The third kappa shape index (κ3) is 7.77. The maximum Gasteiger partial charge on any atom is 0.239 e. The molecule has 3 aliphatic heterocycles. The second-order valence-corrected chi connectivity index (χ2v) is 13.3. The van der Waals surface area contributed by atoms with Gasteiger partial charge in [-0.2, -0.15) is 0 Å². The molecule has 0 amide bonds. The molecule has 4 heterocycles. The molecule has 0 bridgehead atoms. The van der Waals surface area contributed by atoms with Gasteiger partial charge in [-0.05, 0) is 25.1 Å². The number of phenolic OH excluding ortho intramolecular Hbond substituents is 2. The van der Waals surface area contributed by atoms with Crippen LogP contribution in [0, 0.1) is 0 Å². The second kappa shape index (κ2) is 16.3. The number of aromatic hydroxyl groups is 2. The van der Waals surface area contributed by atoms with Crippen LogP contribution < -0.4 is 19.6 Å². The van der Waals surface area contributed by atoms with Crippen molar-refractivity contribution in [2.45, 2.75) is 99.0 Å². The van der Waals surface area contributed by atoms with Crippen LogP contribution in [-0.4, -0.2) is 174 Å². The van der Waals surface area contributed by atoms with E-state index in [4.69, 9.17) is 37.6 Å². The predicted molar refractivity (Wildman–Crippen MR) is 178 cm³/mol. The molecule has 2 aromatic carbocycles. The molecule has 3 aromatic rings. The Kier molecular flexibility index (Phi) is 12.1. The lowest BCUT2D eigenvalue weighted by molar-refractivity contribution is -0.318. The first-order chi connectivity index (χ1) is 26.1. The SMILES string of the molecule is COc1cc(-c2oc3cc(O)cc(O)c3c(=O)c2O[C@@H]2O[C@H](CO[C@@H]3O[C@@H](C)[C@H](O)[C@H](O)[C@@H]3O)[C@H](O)[C@@H](O)[C@@H]2O)ccc1O[C@@H]1O[C@H](CO)[C@H](O)[C@H](O)[C@H]1O. The number of hydrogen-bond donors (Lipinski definition) is 12. The summed E-state index contributed by atoms with van der Waals surface area (Å²) < 4.78 is 44.9. The van der Waals surface area contributed by atoms with E-state index >= 15 is 0 Å². The molecule has 3 aliphatic rings. The highest BCUT2D eigenvalue weighted by atomic mass is 16.7. The Labute approximate surface area is 309 Å². The zero-order chi connectivity index (χ0) is 40.0. The third-order valence-corrected chi connectivity index (χ3v) is 9.57. The van der Waals surface area contributed by atoms with Gasteiger partial charge in [0.1, 0.15) is 89.6 Å². The zero-order valence-corrected chi connectivity index (χ0v) is 29.0. The maximum absolute atomic E-state index is 14.0. The summed E-state index contributed by atoms with van der Waals surface area (Å²) >= 11 is 0. The number of methoxy groups -OCH3 is 1. The number of benzene rings is 2. The van der Waals surface area contributed by atoms with E-state index in [1.165, 1.54) is 32.2 Å². The monoisotopic (exact) mass is 786 g/mol. The first-order valence-corrected chi connectivity index (χ1v) is 16.9. The van der Waals surface area contributed by atoms with Crippen LogP contribution in [0.1, 0.15) is 6.92 Å². The number of aliphatic hydroxyl groups excluding tert-OH is 10. The number of phenols is 2. The van der Waals surface area contributed by atoms with E-state index in [-0.39, 0.29) is 22.6 Å². The molecule has 0 spiro atoms. The van der Waals surface area contributed by atoms with Crippen LogP contribution >= 0.6 is 0 Å². The average Bonchev–Trinajstić information content (AvgIpc) is 3.16. The largest absolute Gasteiger partial charge is 0.508 e. The van der Waals surface area contributed by atoms with E-state index < -0.39 is 139 Å². The lowest BCUT2D eigenvalue weighted by atomic mass is 9.98. The quantitative estimate of drug-likeness (QED) is 0.0934. The Balaban J connectivity index is 1.33. The first kappa shape index (κ1) is 40.7. The van der Waals surface area contributed by atoms with Crippen molar-refractivity contribution in [3.05, 3.63) is 40.6 Å². The van der Waals surface area contributed by atoms with E-state index in [9.17, 15) is 66.1 Å². The molecule has 55 heavy (non-hydrogen) atoms. The summed E-state index contributed by atoms with van der Waals surface area (Å²) in [6, 6.07) is 5.71. The fraction of sp³-hybridized carbons (Fsp3) is 0.559. The topological polar surface area (TPSA) is 338 Å². The van der Waals surface area contributed by atoms with E-state index in [0.29, 0.717) is 0 Å². The van der Waals surface area contributed by atoms with Crippen molar-refractivity contribution in [1.29, 1.82) is 0 Å². The van der Waals surface area contributed by atoms with E-state index in [1.54, 1.807) is 0 Å². The normalized spacial score (nSPS) is 36.8. The number of fused-ring (bicyclic) bond motifs is 1. The van der Waals surface area contributed by atoms with Gasteiger partial charge in [-0.3, -0.25) is 4.79 Å². The van der Waals surface area contributed by atoms with Crippen LogP contribution in [0.2, 0.25) is 0 Å². The van der Waals surface area contributed by atoms with Crippen LogP contribution in [0.5, 0.6) is 28.7 Å². The van der Waals surface area contributed by atoms with Crippen molar-refractivity contribution in [2.24, 2.45) is 0 Å². The summed E-state index contributed by atoms with van der Waals surface area (Å²) in [7, 11) is 1.23. The predicted octanol–water partition coefficient (Wildman–Crippen LogP) is -3.91. The molecule has 12 N–H and O–H groups in total. The average molecular weight is 787 g/mol. The fourth-order valence-electron chi connectivity index (χ4n) is 6.37. The molecule has 15 atom stereocenters. The molecule has 0 radical (unpaired) electrons. The molecule has 0 saturated carbocycles. The highest BCUT2D eigenvalue weighted by Crippen LogP contribution is 2.41. The van der Waals surface area contributed by atoms with Crippen molar-refractivity contribution in [3.63, 3.8) is 0 Å². The lowest BCUT2D eigenvalue weighted by Gasteiger charge is -2.42. The molecule has 0 aliphatic carbocycles. The van der Waals surface area contributed by atoms with Gasteiger partial charge in [0.15, 0.2) is 23.5 Å². The summed E-state index contributed by atoms with van der Waals surface area (Å²) in [5.74, 6) is -2.53. The summed E-state index contributed by atoms with van der Waals surface area (Å²) in [4.78, 5) is 14.0. The van der Waals surface area contributed by atoms with Gasteiger partial charge < -0.3 is 98.9 Å². The summed E-state index contributed by atoms with van der Waals surface area (Å²) in [6.07, 6.45) is -24.7. The molecule has 0 unspecified atom stereocenters. The third-order valence-electron chi connectivity index (χ3n) is 9.57. The first-order valence-electron chi connectivity index (χ1n) is 16.9. The van der Waals surface area contributed by atoms with Gasteiger partial charge in [-0.15, -0.1) is 0 Å². The number of rotatable bonds is 10. The summed E-state index contributed by atoms with van der Waals surface area (Å²) in [5.41, 5.74) is -1.39. The summed E-state index contributed by atoms with van der Waals surface area (Å²) in [5, 5.41) is 123. The van der Waals surface area contributed by atoms with Gasteiger partial charge in [0.25, 0.3) is 0 Å². The smallest absolute Gasteiger partial charge is 0.239 e. The number of hydrogen-bond acceptors (Lipinski definition) is 21. The van der Waals surface area contributed by atoms with Gasteiger partial charge in [0, 0.05) is 17.7 Å². The van der Waals surface area contributed by atoms with Crippen molar-refractivity contribution >= 4 is 11.0 Å². The van der Waals surface area contributed by atoms with Gasteiger partial charge in [-0.25, -0.2) is 0 Å². The fourth-order valence-corrected chi connectivity index (χ4v) is 6.37. The molecule has 1 aromatic heterocycles. The van der Waals surface area contributed by atoms with Crippen LogP contribution in [0.4, 0.5) is 0 Å². The molecule has 21 heteroatoms. The van der Waals surface area contributed by atoms with E-state index in [1.807, 2.05) is 0 Å². The van der Waals surface area contributed by atoms with Gasteiger partial charge in [0.2, 0.25) is 23.8 Å². The van der Waals surface area contributed by atoms with Crippen molar-refractivity contribution in [2.75, 3.05) is 20.3 Å². The Morgan fingerprint density at radius 1 is 0.673 bits per heavy atom. The molecule has 3 saturated heterocycles. The number of aliphatic hydroxyl groups is 10. The second-order valence-electron chi connectivity index (χ2n) is 13.3. The number of ether oxygens (including phenoxy) is 7. The van der Waals surface area contributed by atoms with Gasteiger partial charge in [-0.1, -0.05) is 0 Å². The van der Waals surface area contributed by atoms with E-state index in [0.717, 1.165) is 12.1 Å². The highest BCUT2D eigenvalue weighted by molar-refractivity contribution is 5.88. The van der Waals surface area contributed by atoms with Crippen LogP contribution in [0.25, 0.3) is 22.3 Å². The Morgan fingerprint density at radius 2 is 1.27 bits per heavy atom. The molecule has 304 valence electrons. The Hall–Kier alpha value is -3.91. The minimum absolute atomic E-state index is 0.00102. The van der Waals surface area contributed by atoms with Crippen molar-refractivity contribution in [3.8, 4) is 40.1 Å². The molecular formula is C34H42O21. The maximum atomic E-state index is 14.0. The van der Waals surface area contributed by atoms with Crippen LogP contribution in [0.3, 0.4) is 0 Å². The highest BCUT2D eigenvalue weighted by Gasteiger charge is 2.48. The van der Waals surface area contributed by atoms with Crippen molar-refractivity contribution < 1.29 is 98.9 Å². The summed E-state index contributed by atoms with van der Waals surface area (Å²) in [6.45, 7) is 0.0497. The molecular weight excluding hydrogens is 744 g/mol. The standard InChI is InChI=1S/C34H42O21/c1-10-20(38)24(42)27(45)32(50-10)49-9-18-22(40)26(44)29(47)34(54-18)55-31-23(41)19-13(37)6-12(36)7-16(19)51-30(31)11-3-4-14(15(5-11)48-2)52-33-28(46)25(43)21(39)17(8-35)53-33/h3-7,10,17-18,20-22,24-29,32-40,42-47H,8-9H2,1-2H3/t10-,17+,18+,20-,21-,22-,24-,25-,26+,27-,28+,29-,32+,33+,34-/m0/s1. The van der Waals surface area contributed by atoms with Crippen LogP contribution in [0.15, 0.2) is 39.5 Å². The molecule has 6 rings (SSSR count).